The van der Waals surface area contributed by atoms with Crippen LogP contribution in [0.15, 0.2) is 66.7 Å². The molecule has 0 aromatic heterocycles. The van der Waals surface area contributed by atoms with Crippen molar-refractivity contribution in [1.82, 2.24) is 0 Å². The van der Waals surface area contributed by atoms with Crippen LogP contribution in [0.25, 0.3) is 12.2 Å². The minimum absolute atomic E-state index is 0.0303. The Bertz CT molecular complexity index is 1760. The fourth-order valence-electron chi connectivity index (χ4n) is 4.63. The first-order valence-corrected chi connectivity index (χ1v) is 14.5. The van der Waals surface area contributed by atoms with Crippen LogP contribution in [0.2, 0.25) is 0 Å². The highest BCUT2D eigenvalue weighted by molar-refractivity contribution is 6.09. The van der Waals surface area contributed by atoms with E-state index in [4.69, 9.17) is 23.7 Å². The molecule has 0 spiro atoms. The summed E-state index contributed by atoms with van der Waals surface area (Å²) < 4.78 is 27.1. The van der Waals surface area contributed by atoms with Crippen molar-refractivity contribution in [2.75, 3.05) is 6.61 Å². The maximum atomic E-state index is 12.8. The van der Waals surface area contributed by atoms with Crippen LogP contribution in [-0.2, 0) is 33.3 Å². The highest BCUT2D eigenvalue weighted by atomic mass is 16.7. The van der Waals surface area contributed by atoms with Crippen LogP contribution in [-0.4, -0.2) is 91.6 Å². The zero-order valence-electron chi connectivity index (χ0n) is 26.0. The minimum Gasteiger partial charge on any atom is -0.508 e. The Balaban J connectivity index is 1.54. The molecule has 6 N–H and O–H groups in total. The van der Waals surface area contributed by atoms with Crippen molar-refractivity contribution in [3.63, 3.8) is 0 Å². The Hall–Kier alpha value is -6.06. The second-order valence-electron chi connectivity index (χ2n) is 10.6. The van der Waals surface area contributed by atoms with E-state index in [0.29, 0.717) is 11.1 Å². The monoisotopic (exact) mass is 680 g/mol. The number of aliphatic hydroxyl groups is 1. The predicted molar refractivity (Wildman–Crippen MR) is 167 cm³/mol. The molecular weight excluding hydrogens is 648 g/mol. The van der Waals surface area contributed by atoms with E-state index in [1.165, 1.54) is 42.5 Å². The summed E-state index contributed by atoms with van der Waals surface area (Å²) in [5, 5.41) is 61.0. The summed E-state index contributed by atoms with van der Waals surface area (Å²) >= 11 is 0. The first kappa shape index (κ1) is 35.8. The molecule has 3 aromatic carbocycles. The number of allylic oxidation sites excluding steroid dienone is 1. The average Bonchev–Trinajstić information content (AvgIpc) is 3.05. The summed E-state index contributed by atoms with van der Waals surface area (Å²) in [7, 11) is 0. The number of benzene rings is 3. The number of phenolic OH excluding ortho intramolecular Hbond substituents is 5. The SMILES string of the molecule is CC(=O)OC1C(COC(=O)C=Cc2ccc(O)cc2)OC(Oc2ccc(C(=O)C=Cc3ccc(O)c(O)c3)c(O)c2O)C(OC(C)=O)C1O. The predicted octanol–water partition coefficient (Wildman–Crippen LogP) is 2.70. The van der Waals surface area contributed by atoms with E-state index in [-0.39, 0.29) is 17.1 Å². The maximum absolute atomic E-state index is 12.8. The number of carbonyl (C=O) groups excluding carboxylic acids is 4. The fraction of sp³-hybridized carbons (Fsp3) is 0.235. The van der Waals surface area contributed by atoms with Gasteiger partial charge in [0.15, 0.2) is 41.0 Å². The summed E-state index contributed by atoms with van der Waals surface area (Å²) in [4.78, 5) is 49.0. The summed E-state index contributed by atoms with van der Waals surface area (Å²) in [5.74, 6) is -6.41. The lowest BCUT2D eigenvalue weighted by molar-refractivity contribution is -0.285. The third-order valence-corrected chi connectivity index (χ3v) is 6.97. The second kappa shape index (κ2) is 15.7. The largest absolute Gasteiger partial charge is 0.508 e. The fourth-order valence-corrected chi connectivity index (χ4v) is 4.63. The molecule has 15 heteroatoms. The van der Waals surface area contributed by atoms with Gasteiger partial charge in [0.25, 0.3) is 0 Å². The molecule has 0 amide bonds. The molecule has 1 fully saturated rings. The number of carbonyl (C=O) groups is 4. The lowest BCUT2D eigenvalue weighted by Gasteiger charge is -2.42. The Morgan fingerprint density at radius 1 is 0.755 bits per heavy atom. The second-order valence-corrected chi connectivity index (χ2v) is 10.6. The van der Waals surface area contributed by atoms with Gasteiger partial charge in [0.2, 0.25) is 12.0 Å². The average molecular weight is 681 g/mol. The van der Waals surface area contributed by atoms with Gasteiger partial charge in [-0.1, -0.05) is 24.3 Å². The van der Waals surface area contributed by atoms with Crippen molar-refractivity contribution in [1.29, 1.82) is 0 Å². The molecule has 3 aromatic rings. The minimum atomic E-state index is -1.80. The van der Waals surface area contributed by atoms with Crippen LogP contribution in [0, 0.1) is 0 Å². The van der Waals surface area contributed by atoms with Crippen LogP contribution in [0.5, 0.6) is 34.5 Å². The van der Waals surface area contributed by atoms with Gasteiger partial charge in [0, 0.05) is 19.9 Å². The summed E-state index contributed by atoms with van der Waals surface area (Å²) in [5.41, 5.74) is 0.557. The topological polar surface area (TPSA) is 236 Å². The molecule has 4 rings (SSSR count). The lowest BCUT2D eigenvalue weighted by atomic mass is 9.98. The molecular formula is C34H32O15. The van der Waals surface area contributed by atoms with E-state index < -0.39 is 84.0 Å². The number of aromatic hydroxyl groups is 5. The van der Waals surface area contributed by atoms with Crippen molar-refractivity contribution < 1.29 is 73.5 Å². The summed E-state index contributed by atoms with van der Waals surface area (Å²) in [6.45, 7) is 1.47. The van der Waals surface area contributed by atoms with Crippen LogP contribution in [0.3, 0.4) is 0 Å². The van der Waals surface area contributed by atoms with Crippen LogP contribution in [0.1, 0.15) is 35.3 Å². The number of ketones is 1. The number of phenols is 5. The molecule has 258 valence electrons. The maximum Gasteiger partial charge on any atom is 0.330 e. The molecule has 0 aliphatic carbocycles. The Kier molecular flexibility index (Phi) is 11.5. The lowest BCUT2D eigenvalue weighted by Crippen LogP contribution is -2.62. The van der Waals surface area contributed by atoms with Gasteiger partial charge in [-0.3, -0.25) is 14.4 Å². The summed E-state index contributed by atoms with van der Waals surface area (Å²) in [6, 6.07) is 11.9. The van der Waals surface area contributed by atoms with Gasteiger partial charge in [-0.2, -0.15) is 0 Å². The Morgan fingerprint density at radius 2 is 1.39 bits per heavy atom. The van der Waals surface area contributed by atoms with Gasteiger partial charge in [-0.25, -0.2) is 4.79 Å². The molecule has 5 unspecified atom stereocenters. The third-order valence-electron chi connectivity index (χ3n) is 6.97. The molecule has 49 heavy (non-hydrogen) atoms. The van der Waals surface area contributed by atoms with E-state index in [9.17, 15) is 49.8 Å². The zero-order chi connectivity index (χ0) is 35.8. The van der Waals surface area contributed by atoms with E-state index in [2.05, 4.69) is 0 Å². The third kappa shape index (κ3) is 9.27. The molecule has 1 aliphatic heterocycles. The Labute approximate surface area is 278 Å². The van der Waals surface area contributed by atoms with Crippen LogP contribution < -0.4 is 4.74 Å². The standard InChI is InChI=1S/C34H32O15/c1-17(35)46-32-27(16-45-28(41)14-7-19-3-8-21(37)9-4-19)49-34(33(31(32)44)47-18(2)36)48-26-13-10-22(29(42)30(26)43)23(38)11-5-20-6-12-24(39)25(40)15-20/h3-15,27,31-34,37,39-40,42-44H,16H2,1-2H3. The van der Waals surface area contributed by atoms with E-state index in [0.717, 1.165) is 38.1 Å². The first-order chi connectivity index (χ1) is 23.2. The quantitative estimate of drug-likeness (QED) is 0.0561. The first-order valence-electron chi connectivity index (χ1n) is 14.5. The van der Waals surface area contributed by atoms with Gasteiger partial charge in [0.05, 0.1) is 5.56 Å². The summed E-state index contributed by atoms with van der Waals surface area (Å²) in [6.07, 6.45) is -3.33. The smallest absolute Gasteiger partial charge is 0.330 e. The number of hydrogen-bond acceptors (Lipinski definition) is 15. The van der Waals surface area contributed by atoms with Crippen molar-refractivity contribution in [2.45, 2.75) is 44.6 Å². The van der Waals surface area contributed by atoms with Crippen molar-refractivity contribution >= 4 is 35.8 Å². The molecule has 5 atom stereocenters. The van der Waals surface area contributed by atoms with E-state index >= 15 is 0 Å². The highest BCUT2D eigenvalue weighted by Gasteiger charge is 2.51. The number of aliphatic hydroxyl groups excluding tert-OH is 1. The van der Waals surface area contributed by atoms with E-state index in [1.54, 1.807) is 12.1 Å². The molecule has 0 radical (unpaired) electrons. The van der Waals surface area contributed by atoms with Crippen molar-refractivity contribution in [3.8, 4) is 34.5 Å². The van der Waals surface area contributed by atoms with Crippen LogP contribution >= 0.6 is 0 Å². The van der Waals surface area contributed by atoms with Crippen molar-refractivity contribution in [2.24, 2.45) is 0 Å². The van der Waals surface area contributed by atoms with Crippen LogP contribution in [0.4, 0.5) is 0 Å². The Morgan fingerprint density at radius 3 is 2.04 bits per heavy atom. The number of hydrogen-bond donors (Lipinski definition) is 6. The van der Waals surface area contributed by atoms with Gasteiger partial charge in [0.1, 0.15) is 24.6 Å². The molecule has 0 saturated carbocycles. The molecule has 1 aliphatic rings. The molecule has 15 nitrogen and oxygen atoms in total. The number of ether oxygens (including phenoxy) is 5. The number of rotatable bonds is 11. The van der Waals surface area contributed by atoms with Gasteiger partial charge in [-0.05, 0) is 59.7 Å². The van der Waals surface area contributed by atoms with Gasteiger partial charge >= 0.3 is 17.9 Å². The van der Waals surface area contributed by atoms with Gasteiger partial charge in [-0.15, -0.1) is 0 Å². The normalized spacial score (nSPS) is 20.5. The zero-order valence-corrected chi connectivity index (χ0v) is 26.0. The molecule has 0 bridgehead atoms. The number of esters is 3. The molecule has 1 heterocycles. The van der Waals surface area contributed by atoms with Gasteiger partial charge < -0.3 is 54.3 Å². The molecule has 1 saturated heterocycles. The van der Waals surface area contributed by atoms with E-state index in [1.807, 2.05) is 0 Å². The van der Waals surface area contributed by atoms with Crippen molar-refractivity contribution in [3.05, 3.63) is 83.4 Å². The highest BCUT2D eigenvalue weighted by Crippen LogP contribution is 2.40.